The van der Waals surface area contributed by atoms with E-state index in [1.807, 2.05) is 38.1 Å². The molecule has 0 aliphatic heterocycles. The molecule has 1 rings (SSSR count). The summed E-state index contributed by atoms with van der Waals surface area (Å²) in [4.78, 5) is 4.49. The SMILES string of the molecule is CC(C)N=C(Nc1cccc(Cl)c1)NC(C)C. The summed E-state index contributed by atoms with van der Waals surface area (Å²) < 4.78 is 0. The van der Waals surface area contributed by atoms with E-state index in [1.165, 1.54) is 0 Å². The van der Waals surface area contributed by atoms with Crippen molar-refractivity contribution < 1.29 is 0 Å². The summed E-state index contributed by atoms with van der Waals surface area (Å²) in [7, 11) is 0. The molecule has 0 aromatic heterocycles. The van der Waals surface area contributed by atoms with Crippen molar-refractivity contribution >= 4 is 23.2 Å². The fourth-order valence-electron chi connectivity index (χ4n) is 1.34. The molecule has 4 heteroatoms. The average Bonchev–Trinajstić information content (AvgIpc) is 2.14. The highest BCUT2D eigenvalue weighted by molar-refractivity contribution is 6.30. The van der Waals surface area contributed by atoms with E-state index in [2.05, 4.69) is 29.5 Å². The molecule has 2 N–H and O–H groups in total. The predicted octanol–water partition coefficient (Wildman–Crippen LogP) is 3.51. The third-order valence-electron chi connectivity index (χ3n) is 1.90. The fourth-order valence-corrected chi connectivity index (χ4v) is 1.53. The number of anilines is 1. The Hall–Kier alpha value is -1.22. The van der Waals surface area contributed by atoms with Gasteiger partial charge >= 0.3 is 0 Å². The minimum absolute atomic E-state index is 0.239. The summed E-state index contributed by atoms with van der Waals surface area (Å²) in [5, 5.41) is 7.22. The van der Waals surface area contributed by atoms with Crippen LogP contribution >= 0.6 is 11.6 Å². The molecular weight excluding hydrogens is 234 g/mol. The highest BCUT2D eigenvalue weighted by atomic mass is 35.5. The molecule has 0 fully saturated rings. The van der Waals surface area contributed by atoms with E-state index in [9.17, 15) is 0 Å². The lowest BCUT2D eigenvalue weighted by molar-refractivity contribution is 0.717. The largest absolute Gasteiger partial charge is 0.354 e. The fraction of sp³-hybridized carbons (Fsp3) is 0.462. The van der Waals surface area contributed by atoms with Crippen molar-refractivity contribution in [3.05, 3.63) is 29.3 Å². The first-order valence-corrected chi connectivity index (χ1v) is 6.22. The van der Waals surface area contributed by atoms with Crippen LogP contribution in [0.3, 0.4) is 0 Å². The number of hydrogen-bond donors (Lipinski definition) is 2. The number of rotatable bonds is 3. The second kappa shape index (κ2) is 6.50. The Morgan fingerprint density at radius 2 is 1.94 bits per heavy atom. The third-order valence-corrected chi connectivity index (χ3v) is 2.14. The van der Waals surface area contributed by atoms with Gasteiger partial charge in [0.15, 0.2) is 5.96 Å². The summed E-state index contributed by atoms with van der Waals surface area (Å²) in [6.07, 6.45) is 0. The van der Waals surface area contributed by atoms with E-state index in [0.717, 1.165) is 11.6 Å². The summed E-state index contributed by atoms with van der Waals surface area (Å²) in [6.45, 7) is 8.24. The van der Waals surface area contributed by atoms with Gasteiger partial charge in [-0.05, 0) is 45.9 Å². The molecule has 0 spiro atoms. The second-order valence-corrected chi connectivity index (χ2v) is 4.94. The van der Waals surface area contributed by atoms with Crippen LogP contribution in [-0.2, 0) is 0 Å². The van der Waals surface area contributed by atoms with Gasteiger partial charge in [0.25, 0.3) is 0 Å². The summed E-state index contributed by atoms with van der Waals surface area (Å²) >= 11 is 5.94. The molecule has 0 aliphatic carbocycles. The predicted molar refractivity (Wildman–Crippen MR) is 75.9 cm³/mol. The number of aliphatic imine (C=N–C) groups is 1. The van der Waals surface area contributed by atoms with Gasteiger partial charge in [-0.3, -0.25) is 4.99 Å². The van der Waals surface area contributed by atoms with Gasteiger partial charge in [-0.2, -0.15) is 0 Å². The van der Waals surface area contributed by atoms with Gasteiger partial charge in [-0.15, -0.1) is 0 Å². The van der Waals surface area contributed by atoms with Gasteiger partial charge in [0.1, 0.15) is 0 Å². The van der Waals surface area contributed by atoms with E-state index in [4.69, 9.17) is 11.6 Å². The Kier molecular flexibility index (Phi) is 5.29. The van der Waals surface area contributed by atoms with Crippen molar-refractivity contribution in [2.24, 2.45) is 4.99 Å². The Morgan fingerprint density at radius 1 is 1.24 bits per heavy atom. The normalized spacial score (nSPS) is 12.1. The van der Waals surface area contributed by atoms with Crippen molar-refractivity contribution in [1.82, 2.24) is 5.32 Å². The molecule has 0 radical (unpaired) electrons. The third kappa shape index (κ3) is 5.59. The van der Waals surface area contributed by atoms with Crippen LogP contribution in [0.1, 0.15) is 27.7 Å². The molecule has 0 aliphatic rings. The quantitative estimate of drug-likeness (QED) is 0.639. The first-order valence-electron chi connectivity index (χ1n) is 5.84. The van der Waals surface area contributed by atoms with Crippen molar-refractivity contribution in [2.45, 2.75) is 39.8 Å². The molecule has 94 valence electrons. The lowest BCUT2D eigenvalue weighted by atomic mass is 10.3. The van der Waals surface area contributed by atoms with Gasteiger partial charge in [0.05, 0.1) is 0 Å². The lowest BCUT2D eigenvalue weighted by Gasteiger charge is -2.16. The zero-order valence-corrected chi connectivity index (χ0v) is 11.5. The van der Waals surface area contributed by atoms with Gasteiger partial charge in [-0.1, -0.05) is 17.7 Å². The summed E-state index contributed by atoms with van der Waals surface area (Å²) in [5.41, 5.74) is 0.935. The van der Waals surface area contributed by atoms with Crippen LogP contribution < -0.4 is 10.6 Å². The first kappa shape index (κ1) is 13.8. The maximum atomic E-state index is 5.94. The number of guanidine groups is 1. The van der Waals surface area contributed by atoms with Gasteiger partial charge < -0.3 is 10.6 Å². The molecule has 0 amide bonds. The van der Waals surface area contributed by atoms with E-state index < -0.39 is 0 Å². The number of benzene rings is 1. The van der Waals surface area contributed by atoms with E-state index in [0.29, 0.717) is 11.1 Å². The van der Waals surface area contributed by atoms with Crippen LogP contribution in [0.2, 0.25) is 5.02 Å². The Labute approximate surface area is 108 Å². The van der Waals surface area contributed by atoms with Crippen LogP contribution in [0, 0.1) is 0 Å². The maximum absolute atomic E-state index is 5.94. The zero-order valence-electron chi connectivity index (χ0n) is 10.8. The van der Waals surface area contributed by atoms with E-state index in [1.54, 1.807) is 0 Å². The van der Waals surface area contributed by atoms with Gasteiger partial charge in [-0.25, -0.2) is 0 Å². The van der Waals surface area contributed by atoms with Crippen LogP contribution in [0.15, 0.2) is 29.3 Å². The first-order chi connectivity index (χ1) is 7.97. The standard InChI is InChI=1S/C13H20ClN3/c1-9(2)15-13(16-10(3)4)17-12-7-5-6-11(14)8-12/h5-10H,1-4H3,(H2,15,16,17). The molecule has 0 bridgehead atoms. The molecule has 0 heterocycles. The lowest BCUT2D eigenvalue weighted by Crippen LogP contribution is -2.36. The minimum Gasteiger partial charge on any atom is -0.354 e. The summed E-state index contributed by atoms with van der Waals surface area (Å²) in [5.74, 6) is 0.775. The van der Waals surface area contributed by atoms with E-state index >= 15 is 0 Å². The zero-order chi connectivity index (χ0) is 12.8. The molecule has 17 heavy (non-hydrogen) atoms. The summed E-state index contributed by atoms with van der Waals surface area (Å²) in [6, 6.07) is 8.17. The number of nitrogens with zero attached hydrogens (tertiary/aromatic N) is 1. The van der Waals surface area contributed by atoms with Crippen molar-refractivity contribution in [1.29, 1.82) is 0 Å². The number of halogens is 1. The average molecular weight is 254 g/mol. The second-order valence-electron chi connectivity index (χ2n) is 4.51. The van der Waals surface area contributed by atoms with Crippen molar-refractivity contribution in [3.8, 4) is 0 Å². The van der Waals surface area contributed by atoms with Crippen LogP contribution in [0.5, 0.6) is 0 Å². The molecule has 3 nitrogen and oxygen atoms in total. The Bertz CT molecular complexity index is 386. The highest BCUT2D eigenvalue weighted by Crippen LogP contribution is 2.14. The van der Waals surface area contributed by atoms with Crippen molar-refractivity contribution in [2.75, 3.05) is 5.32 Å². The van der Waals surface area contributed by atoms with Gasteiger partial charge in [0, 0.05) is 22.8 Å². The molecule has 0 atom stereocenters. The maximum Gasteiger partial charge on any atom is 0.196 e. The smallest absolute Gasteiger partial charge is 0.196 e. The van der Waals surface area contributed by atoms with Crippen LogP contribution in [0.4, 0.5) is 5.69 Å². The number of nitrogens with one attached hydrogen (secondary N) is 2. The molecular formula is C13H20ClN3. The minimum atomic E-state index is 0.239. The highest BCUT2D eigenvalue weighted by Gasteiger charge is 2.03. The molecule has 0 unspecified atom stereocenters. The van der Waals surface area contributed by atoms with Crippen LogP contribution in [-0.4, -0.2) is 18.0 Å². The topological polar surface area (TPSA) is 36.4 Å². The Balaban J connectivity index is 2.79. The van der Waals surface area contributed by atoms with Gasteiger partial charge in [0.2, 0.25) is 0 Å². The molecule has 0 saturated heterocycles. The molecule has 1 aromatic carbocycles. The Morgan fingerprint density at radius 3 is 2.47 bits per heavy atom. The van der Waals surface area contributed by atoms with Crippen LogP contribution in [0.25, 0.3) is 0 Å². The number of hydrogen-bond acceptors (Lipinski definition) is 1. The molecule has 0 saturated carbocycles. The molecule has 1 aromatic rings. The monoisotopic (exact) mass is 253 g/mol. The van der Waals surface area contributed by atoms with E-state index in [-0.39, 0.29) is 6.04 Å². The van der Waals surface area contributed by atoms with Crippen molar-refractivity contribution in [3.63, 3.8) is 0 Å².